The SMILES string of the molecule is COc1cc(B2OC(C)(C)C(C)(C)O2)ccc1OCC(=O)NC1(CO)CCCC1. The molecule has 7 nitrogen and oxygen atoms in total. The Bertz CT molecular complexity index is 729. The van der Waals surface area contributed by atoms with Gasteiger partial charge in [0, 0.05) is 0 Å². The number of ether oxygens (including phenoxy) is 2. The molecule has 2 N–H and O–H groups in total. The predicted octanol–water partition coefficient (Wildman–Crippen LogP) is 1.79. The van der Waals surface area contributed by atoms with E-state index in [1.165, 1.54) is 0 Å². The second-order valence-electron chi connectivity index (χ2n) is 8.98. The van der Waals surface area contributed by atoms with Crippen LogP contribution in [0, 0.1) is 0 Å². The number of hydrogen-bond acceptors (Lipinski definition) is 6. The van der Waals surface area contributed by atoms with E-state index in [-0.39, 0.29) is 19.1 Å². The lowest BCUT2D eigenvalue weighted by Gasteiger charge is -2.32. The van der Waals surface area contributed by atoms with E-state index < -0.39 is 23.9 Å². The van der Waals surface area contributed by atoms with Crippen molar-refractivity contribution >= 4 is 18.5 Å². The molecular formula is C21H32BNO6. The molecule has 1 saturated heterocycles. The quantitative estimate of drug-likeness (QED) is 0.673. The van der Waals surface area contributed by atoms with Crippen molar-refractivity contribution in [2.24, 2.45) is 0 Å². The third-order valence-corrected chi connectivity index (χ3v) is 6.34. The van der Waals surface area contributed by atoms with Crippen LogP contribution in [0.5, 0.6) is 11.5 Å². The Hall–Kier alpha value is -1.77. The zero-order valence-electron chi connectivity index (χ0n) is 18.0. The summed E-state index contributed by atoms with van der Waals surface area (Å²) < 4.78 is 23.3. The van der Waals surface area contributed by atoms with Crippen LogP contribution in [0.1, 0.15) is 53.4 Å². The van der Waals surface area contributed by atoms with Gasteiger partial charge in [0.2, 0.25) is 0 Å². The van der Waals surface area contributed by atoms with E-state index in [0.717, 1.165) is 31.1 Å². The van der Waals surface area contributed by atoms with Gasteiger partial charge in [0.05, 0.1) is 30.5 Å². The van der Waals surface area contributed by atoms with Gasteiger partial charge in [0.15, 0.2) is 18.1 Å². The Balaban J connectivity index is 1.64. The molecule has 1 heterocycles. The van der Waals surface area contributed by atoms with E-state index >= 15 is 0 Å². The molecule has 1 amide bonds. The van der Waals surface area contributed by atoms with Crippen LogP contribution in [-0.2, 0) is 14.1 Å². The van der Waals surface area contributed by atoms with Gasteiger partial charge in [-0.15, -0.1) is 0 Å². The number of aliphatic hydroxyl groups excluding tert-OH is 1. The van der Waals surface area contributed by atoms with Gasteiger partial charge < -0.3 is 29.2 Å². The number of carbonyl (C=O) groups is 1. The standard InChI is InChI=1S/C21H32BNO6/c1-19(2)20(3,4)29-22(28-19)15-8-9-16(17(12-15)26-5)27-13-18(25)23-21(14-24)10-6-7-11-21/h8-9,12,24H,6-7,10-11,13-14H2,1-5H3,(H,23,25). The van der Waals surface area contributed by atoms with E-state index in [9.17, 15) is 9.90 Å². The number of benzene rings is 1. The number of nitrogens with one attached hydrogen (secondary N) is 1. The molecule has 8 heteroatoms. The van der Waals surface area contributed by atoms with Gasteiger partial charge in [-0.3, -0.25) is 4.79 Å². The lowest BCUT2D eigenvalue weighted by Crippen LogP contribution is -2.50. The fourth-order valence-corrected chi connectivity index (χ4v) is 3.78. The van der Waals surface area contributed by atoms with Crippen LogP contribution in [0.15, 0.2) is 18.2 Å². The van der Waals surface area contributed by atoms with E-state index in [2.05, 4.69) is 5.32 Å². The first kappa shape index (κ1) is 21.9. The lowest BCUT2D eigenvalue weighted by atomic mass is 9.79. The summed E-state index contributed by atoms with van der Waals surface area (Å²) >= 11 is 0. The van der Waals surface area contributed by atoms with Gasteiger partial charge in [0.25, 0.3) is 5.91 Å². The van der Waals surface area contributed by atoms with Gasteiger partial charge in [0.1, 0.15) is 0 Å². The first-order chi connectivity index (χ1) is 13.6. The Kier molecular flexibility index (Phi) is 6.17. The largest absolute Gasteiger partial charge is 0.494 e. The zero-order chi connectivity index (χ0) is 21.3. The normalized spacial score (nSPS) is 21.8. The Morgan fingerprint density at radius 3 is 2.31 bits per heavy atom. The van der Waals surface area contributed by atoms with Crippen LogP contribution in [0.25, 0.3) is 0 Å². The highest BCUT2D eigenvalue weighted by atomic mass is 16.7. The van der Waals surface area contributed by atoms with Crippen molar-refractivity contribution in [3.05, 3.63) is 18.2 Å². The molecule has 3 rings (SSSR count). The summed E-state index contributed by atoms with van der Waals surface area (Å²) in [6, 6.07) is 5.41. The van der Waals surface area contributed by atoms with Gasteiger partial charge in [-0.2, -0.15) is 0 Å². The molecule has 1 aliphatic carbocycles. The number of methoxy groups -OCH3 is 1. The predicted molar refractivity (Wildman–Crippen MR) is 111 cm³/mol. The molecular weight excluding hydrogens is 373 g/mol. The Morgan fingerprint density at radius 2 is 1.76 bits per heavy atom. The van der Waals surface area contributed by atoms with Crippen molar-refractivity contribution in [3.63, 3.8) is 0 Å². The maximum atomic E-state index is 12.3. The van der Waals surface area contributed by atoms with Crippen molar-refractivity contribution in [3.8, 4) is 11.5 Å². The monoisotopic (exact) mass is 405 g/mol. The second-order valence-corrected chi connectivity index (χ2v) is 8.98. The number of carbonyl (C=O) groups excluding carboxylic acids is 1. The minimum absolute atomic E-state index is 0.0508. The molecule has 1 aromatic carbocycles. The summed E-state index contributed by atoms with van der Waals surface area (Å²) in [5, 5.41) is 12.6. The molecule has 160 valence electrons. The van der Waals surface area contributed by atoms with Crippen LogP contribution >= 0.6 is 0 Å². The molecule has 0 bridgehead atoms. The molecule has 0 atom stereocenters. The summed E-state index contributed by atoms with van der Waals surface area (Å²) in [4.78, 5) is 12.3. The molecule has 0 aromatic heterocycles. The van der Waals surface area contributed by atoms with Crippen LogP contribution in [0.4, 0.5) is 0 Å². The third-order valence-electron chi connectivity index (χ3n) is 6.34. The average Bonchev–Trinajstić information content (AvgIpc) is 3.22. The minimum Gasteiger partial charge on any atom is -0.493 e. The number of hydrogen-bond donors (Lipinski definition) is 2. The highest BCUT2D eigenvalue weighted by Gasteiger charge is 2.51. The van der Waals surface area contributed by atoms with Gasteiger partial charge in [-0.25, -0.2) is 0 Å². The van der Waals surface area contributed by atoms with Crippen molar-refractivity contribution in [2.45, 2.75) is 70.1 Å². The number of aliphatic hydroxyl groups is 1. The average molecular weight is 405 g/mol. The summed E-state index contributed by atoms with van der Waals surface area (Å²) in [5.74, 6) is 0.716. The van der Waals surface area contributed by atoms with E-state index in [1.807, 2.05) is 39.8 Å². The molecule has 29 heavy (non-hydrogen) atoms. The summed E-state index contributed by atoms with van der Waals surface area (Å²) in [6.45, 7) is 7.82. The second kappa shape index (κ2) is 8.16. The Morgan fingerprint density at radius 1 is 1.14 bits per heavy atom. The molecule has 2 aliphatic rings. The van der Waals surface area contributed by atoms with Crippen LogP contribution < -0.4 is 20.3 Å². The van der Waals surface area contributed by atoms with E-state index in [4.69, 9.17) is 18.8 Å². The van der Waals surface area contributed by atoms with E-state index in [0.29, 0.717) is 11.5 Å². The van der Waals surface area contributed by atoms with Crippen LogP contribution in [0.3, 0.4) is 0 Å². The highest BCUT2D eigenvalue weighted by Crippen LogP contribution is 2.37. The first-order valence-electron chi connectivity index (χ1n) is 10.2. The number of rotatable bonds is 7. The molecule has 1 aromatic rings. The summed E-state index contributed by atoms with van der Waals surface area (Å²) in [6.07, 6.45) is 3.61. The topological polar surface area (TPSA) is 86.2 Å². The first-order valence-corrected chi connectivity index (χ1v) is 10.2. The van der Waals surface area contributed by atoms with Gasteiger partial charge in [-0.1, -0.05) is 18.9 Å². The fraction of sp³-hybridized carbons (Fsp3) is 0.667. The molecule has 2 fully saturated rings. The van der Waals surface area contributed by atoms with Crippen LogP contribution in [0.2, 0.25) is 0 Å². The van der Waals surface area contributed by atoms with Crippen LogP contribution in [-0.4, -0.2) is 55.2 Å². The van der Waals surface area contributed by atoms with Gasteiger partial charge >= 0.3 is 7.12 Å². The van der Waals surface area contributed by atoms with Gasteiger partial charge in [-0.05, 0) is 58.1 Å². The number of amides is 1. The summed E-state index contributed by atoms with van der Waals surface area (Å²) in [7, 11) is 1.05. The lowest BCUT2D eigenvalue weighted by molar-refractivity contribution is -0.125. The summed E-state index contributed by atoms with van der Waals surface area (Å²) in [5.41, 5.74) is -0.546. The molecule has 0 unspecified atom stereocenters. The third kappa shape index (κ3) is 4.54. The zero-order valence-corrected chi connectivity index (χ0v) is 18.0. The maximum absolute atomic E-state index is 12.3. The van der Waals surface area contributed by atoms with Crippen molar-refractivity contribution in [1.82, 2.24) is 5.32 Å². The van der Waals surface area contributed by atoms with Crippen molar-refractivity contribution < 1.29 is 28.7 Å². The maximum Gasteiger partial charge on any atom is 0.494 e. The Labute approximate surface area is 173 Å². The van der Waals surface area contributed by atoms with E-state index in [1.54, 1.807) is 13.2 Å². The fourth-order valence-electron chi connectivity index (χ4n) is 3.78. The molecule has 1 saturated carbocycles. The molecule has 1 aliphatic heterocycles. The smallest absolute Gasteiger partial charge is 0.493 e. The minimum atomic E-state index is -0.509. The van der Waals surface area contributed by atoms with Crippen molar-refractivity contribution in [1.29, 1.82) is 0 Å². The van der Waals surface area contributed by atoms with Crippen molar-refractivity contribution in [2.75, 3.05) is 20.3 Å². The molecule has 0 radical (unpaired) electrons. The molecule has 0 spiro atoms. The highest BCUT2D eigenvalue weighted by molar-refractivity contribution is 6.62.